The molecule has 1 rings (SSSR count). The Morgan fingerprint density at radius 3 is 2.31 bits per heavy atom. The van der Waals surface area contributed by atoms with Gasteiger partial charge in [-0.15, -0.1) is 0 Å². The van der Waals surface area contributed by atoms with Crippen molar-refractivity contribution in [3.63, 3.8) is 0 Å². The zero-order chi connectivity index (χ0) is 10.0. The first kappa shape index (κ1) is 11.5. The second-order valence-corrected chi connectivity index (χ2v) is 11.5. The maximum atomic E-state index is 6.05. The molecule has 1 aromatic rings. The summed E-state index contributed by atoms with van der Waals surface area (Å²) in [4.78, 5) is 0. The fraction of sp³-hybridized carbons (Fsp3) is 0.400. The van der Waals surface area contributed by atoms with E-state index in [4.69, 9.17) is 19.3 Å². The van der Waals surface area contributed by atoms with Crippen LogP contribution in [0.15, 0.2) is 18.2 Å². The van der Waals surface area contributed by atoms with E-state index in [9.17, 15) is 0 Å². The summed E-state index contributed by atoms with van der Waals surface area (Å²) in [6, 6.07) is 6.37. The van der Waals surface area contributed by atoms with Crippen LogP contribution < -0.4 is 4.12 Å². The first-order chi connectivity index (χ1) is 6.02. The standard InChI is InChI=1S/C10H13.2ClH.Os/c1-8(2)10-6-4-5-9(3)7-10;;;/h4-5,7-8H,1-3H3;2*1H;/q;;;+2/p-2. The van der Waals surface area contributed by atoms with Crippen LogP contribution >= 0.6 is 19.3 Å². The van der Waals surface area contributed by atoms with Crippen LogP contribution in [0.2, 0.25) is 0 Å². The third-order valence-corrected chi connectivity index (χ3v) is 6.45. The van der Waals surface area contributed by atoms with Crippen LogP contribution in [0.25, 0.3) is 0 Å². The van der Waals surface area contributed by atoms with E-state index in [2.05, 4.69) is 39.0 Å². The first-order valence-electron chi connectivity index (χ1n) is 4.13. The van der Waals surface area contributed by atoms with Crippen LogP contribution in [-0.4, -0.2) is 0 Å². The second-order valence-electron chi connectivity index (χ2n) is 3.35. The van der Waals surface area contributed by atoms with Crippen molar-refractivity contribution in [2.75, 3.05) is 0 Å². The van der Waals surface area contributed by atoms with Crippen molar-refractivity contribution in [3.05, 3.63) is 29.3 Å². The van der Waals surface area contributed by atoms with Gasteiger partial charge in [-0.25, -0.2) is 0 Å². The molecule has 75 valence electrons. The predicted molar refractivity (Wildman–Crippen MR) is 56.6 cm³/mol. The van der Waals surface area contributed by atoms with Crippen molar-refractivity contribution in [2.24, 2.45) is 0 Å². The molecular weight excluding hydrogens is 381 g/mol. The molecule has 0 aliphatic carbocycles. The van der Waals surface area contributed by atoms with Crippen molar-refractivity contribution in [1.29, 1.82) is 0 Å². The molecule has 0 atom stereocenters. The Morgan fingerprint density at radius 2 is 1.85 bits per heavy atom. The third kappa shape index (κ3) is 2.95. The molecule has 0 heterocycles. The Bertz CT molecular complexity index is 295. The average Bonchev–Trinajstić information content (AvgIpc) is 2.03. The van der Waals surface area contributed by atoms with Crippen molar-refractivity contribution in [3.8, 4) is 0 Å². The summed E-state index contributed by atoms with van der Waals surface area (Å²) >= 11 is -2.04. The van der Waals surface area contributed by atoms with Crippen LogP contribution in [0.1, 0.15) is 30.9 Å². The molecule has 0 bridgehead atoms. The predicted octanol–water partition coefficient (Wildman–Crippen LogP) is 3.67. The topological polar surface area (TPSA) is 0 Å². The Labute approximate surface area is 93.3 Å². The van der Waals surface area contributed by atoms with E-state index in [1.165, 1.54) is 15.2 Å². The Kier molecular flexibility index (Phi) is 4.24. The van der Waals surface area contributed by atoms with Gasteiger partial charge in [-0.05, 0) is 0 Å². The van der Waals surface area contributed by atoms with E-state index in [-0.39, 0.29) is 0 Å². The van der Waals surface area contributed by atoms with Gasteiger partial charge in [-0.3, -0.25) is 0 Å². The van der Waals surface area contributed by atoms with Crippen molar-refractivity contribution >= 4 is 23.4 Å². The molecule has 0 saturated carbocycles. The van der Waals surface area contributed by atoms with Gasteiger partial charge < -0.3 is 0 Å². The van der Waals surface area contributed by atoms with Gasteiger partial charge >= 0.3 is 93.6 Å². The molecule has 0 radical (unpaired) electrons. The van der Waals surface area contributed by atoms with E-state index in [1.807, 2.05) is 0 Å². The SMILES string of the molecule is Cc1cc[c]([Os]([Cl])[Cl])c(C(C)C)c1. The summed E-state index contributed by atoms with van der Waals surface area (Å²) in [5.41, 5.74) is 2.60. The van der Waals surface area contributed by atoms with Gasteiger partial charge in [0.25, 0.3) is 0 Å². The molecule has 0 nitrogen and oxygen atoms in total. The molecule has 13 heavy (non-hydrogen) atoms. The summed E-state index contributed by atoms with van der Waals surface area (Å²) < 4.78 is 1.21. The normalized spacial score (nSPS) is 12.0. The van der Waals surface area contributed by atoms with E-state index in [0.29, 0.717) is 5.92 Å². The molecule has 0 amide bonds. The van der Waals surface area contributed by atoms with Gasteiger partial charge in [0.15, 0.2) is 0 Å². The molecular formula is C10H13Cl2Os. The molecule has 1 aromatic carbocycles. The number of halogens is 2. The van der Waals surface area contributed by atoms with Gasteiger partial charge in [0.1, 0.15) is 0 Å². The van der Waals surface area contributed by atoms with Gasteiger partial charge in [0.2, 0.25) is 0 Å². The molecule has 0 N–H and O–H groups in total. The summed E-state index contributed by atoms with van der Waals surface area (Å²) in [5.74, 6) is 0.511. The number of rotatable bonds is 2. The minimum atomic E-state index is -2.04. The van der Waals surface area contributed by atoms with Crippen molar-refractivity contribution in [1.82, 2.24) is 0 Å². The molecule has 0 aliphatic heterocycles. The van der Waals surface area contributed by atoms with Crippen LogP contribution in [0.5, 0.6) is 0 Å². The van der Waals surface area contributed by atoms with Crippen LogP contribution in [0.3, 0.4) is 0 Å². The molecule has 0 unspecified atom stereocenters. The zero-order valence-corrected chi connectivity index (χ0v) is 12.0. The van der Waals surface area contributed by atoms with E-state index in [1.54, 1.807) is 0 Å². The number of benzene rings is 1. The summed E-state index contributed by atoms with van der Waals surface area (Å²) in [7, 11) is 12.1. The number of hydrogen-bond donors (Lipinski definition) is 0. The molecule has 0 aromatic heterocycles. The van der Waals surface area contributed by atoms with Gasteiger partial charge in [0.05, 0.1) is 0 Å². The fourth-order valence-corrected chi connectivity index (χ4v) is 5.21. The second kappa shape index (κ2) is 4.79. The monoisotopic (exact) mass is 395 g/mol. The molecule has 0 spiro atoms. The van der Waals surface area contributed by atoms with E-state index >= 15 is 0 Å². The first-order valence-corrected chi connectivity index (χ1v) is 11.7. The zero-order valence-electron chi connectivity index (χ0n) is 7.92. The van der Waals surface area contributed by atoms with Gasteiger partial charge in [-0.1, -0.05) is 0 Å². The van der Waals surface area contributed by atoms with Gasteiger partial charge in [-0.2, -0.15) is 0 Å². The summed E-state index contributed by atoms with van der Waals surface area (Å²) in [6.45, 7) is 6.45. The Hall–Kier alpha value is 0.436. The Morgan fingerprint density at radius 1 is 1.23 bits per heavy atom. The summed E-state index contributed by atoms with van der Waals surface area (Å²) in [5, 5.41) is 0. The quantitative estimate of drug-likeness (QED) is 0.718. The van der Waals surface area contributed by atoms with E-state index < -0.39 is 14.2 Å². The number of aryl methyl sites for hydroxylation is 1. The molecule has 0 fully saturated rings. The van der Waals surface area contributed by atoms with Crippen LogP contribution in [0.4, 0.5) is 0 Å². The van der Waals surface area contributed by atoms with Gasteiger partial charge in [0, 0.05) is 0 Å². The summed E-state index contributed by atoms with van der Waals surface area (Å²) in [6.07, 6.45) is 0. The molecule has 0 saturated heterocycles. The van der Waals surface area contributed by atoms with Crippen molar-refractivity contribution in [2.45, 2.75) is 26.7 Å². The number of hydrogen-bond acceptors (Lipinski definition) is 0. The third-order valence-electron chi connectivity index (χ3n) is 1.91. The Balaban J connectivity index is 3.19. The van der Waals surface area contributed by atoms with Crippen molar-refractivity contribution < 1.29 is 14.2 Å². The fourth-order valence-electron chi connectivity index (χ4n) is 1.22. The molecule has 3 heteroatoms. The van der Waals surface area contributed by atoms with Crippen LogP contribution in [0, 0.1) is 6.92 Å². The van der Waals surface area contributed by atoms with Crippen LogP contribution in [-0.2, 0) is 14.2 Å². The molecule has 0 aliphatic rings. The minimum absolute atomic E-state index is 0.511. The van der Waals surface area contributed by atoms with E-state index in [0.717, 1.165) is 0 Å². The average molecular weight is 394 g/mol. The maximum absolute atomic E-state index is 6.05.